The van der Waals surface area contributed by atoms with Gasteiger partial charge in [-0.1, -0.05) is 30.3 Å². The molecule has 0 aliphatic rings. The highest BCUT2D eigenvalue weighted by Crippen LogP contribution is 2.17. The molecule has 0 fully saturated rings. The zero-order chi connectivity index (χ0) is 21.5. The second-order valence-corrected chi connectivity index (χ2v) is 7.61. The number of aromatic amines is 1. The summed E-state index contributed by atoms with van der Waals surface area (Å²) < 4.78 is 6.35. The lowest BCUT2D eigenvalue weighted by Gasteiger charge is -2.17. The summed E-state index contributed by atoms with van der Waals surface area (Å²) >= 11 is 1.45. The quantitative estimate of drug-likeness (QED) is 0.477. The molecule has 0 spiro atoms. The zero-order valence-corrected chi connectivity index (χ0v) is 17.5. The highest BCUT2D eigenvalue weighted by atomic mass is 32.1. The summed E-state index contributed by atoms with van der Waals surface area (Å²) in [5, 5.41) is 8.42. The highest BCUT2D eigenvalue weighted by molar-refractivity contribution is 7.09. The first-order chi connectivity index (χ1) is 14.5. The third-order valence-corrected chi connectivity index (χ3v) is 5.12. The molecule has 3 aromatic rings. The number of methoxy groups -OCH3 is 1. The van der Waals surface area contributed by atoms with Gasteiger partial charge in [0, 0.05) is 19.0 Å². The average molecular weight is 430 g/mol. The lowest BCUT2D eigenvalue weighted by Crippen LogP contribution is -2.36. The number of rotatable bonds is 9. The van der Waals surface area contributed by atoms with Crippen molar-refractivity contribution in [2.24, 2.45) is 0 Å². The van der Waals surface area contributed by atoms with Gasteiger partial charge in [-0.05, 0) is 12.5 Å². The topological polar surface area (TPSA) is 118 Å². The first-order valence-corrected chi connectivity index (χ1v) is 10.2. The Labute approximate surface area is 176 Å². The second-order valence-electron chi connectivity index (χ2n) is 6.55. The molecule has 10 heteroatoms. The molecule has 0 saturated carbocycles. The number of thiazole rings is 1. The SMILES string of the molecule is COCCn1c(NC(=O)Cc2csc(C)n2)c(NCc2ccccc2)c(=O)[nH]c1=O. The predicted molar refractivity (Wildman–Crippen MR) is 116 cm³/mol. The van der Waals surface area contributed by atoms with Crippen LogP contribution in [0.3, 0.4) is 0 Å². The Morgan fingerprint density at radius 1 is 1.27 bits per heavy atom. The maximum atomic E-state index is 12.6. The van der Waals surface area contributed by atoms with E-state index in [0.29, 0.717) is 12.2 Å². The van der Waals surface area contributed by atoms with Crippen molar-refractivity contribution in [2.45, 2.75) is 26.4 Å². The number of amides is 1. The van der Waals surface area contributed by atoms with E-state index in [4.69, 9.17) is 4.74 Å². The Hall–Kier alpha value is -3.24. The minimum atomic E-state index is -0.623. The summed E-state index contributed by atoms with van der Waals surface area (Å²) in [5.41, 5.74) is 0.454. The van der Waals surface area contributed by atoms with E-state index in [1.807, 2.05) is 37.3 Å². The third kappa shape index (κ3) is 5.43. The van der Waals surface area contributed by atoms with Gasteiger partial charge in [0.05, 0.1) is 30.3 Å². The Morgan fingerprint density at radius 2 is 2.03 bits per heavy atom. The van der Waals surface area contributed by atoms with Crippen molar-refractivity contribution in [2.75, 3.05) is 24.4 Å². The summed E-state index contributed by atoms with van der Waals surface area (Å²) in [6.07, 6.45) is 0.0354. The van der Waals surface area contributed by atoms with Gasteiger partial charge >= 0.3 is 5.69 Å². The van der Waals surface area contributed by atoms with E-state index in [-0.39, 0.29) is 37.0 Å². The Kier molecular flexibility index (Phi) is 7.15. The number of hydrogen-bond acceptors (Lipinski definition) is 7. The molecule has 1 amide bonds. The van der Waals surface area contributed by atoms with Crippen LogP contribution in [-0.2, 0) is 29.0 Å². The van der Waals surface area contributed by atoms with Gasteiger partial charge in [0.15, 0.2) is 0 Å². The standard InChI is InChI=1S/C20H23N5O4S/c1-13-22-15(12-30-13)10-16(26)23-18-17(21-11-14-6-4-3-5-7-14)19(27)24-20(28)25(18)8-9-29-2/h3-7,12,21H,8-11H2,1-2H3,(H,23,26)(H,24,27,28). The molecule has 0 saturated heterocycles. The van der Waals surface area contributed by atoms with E-state index >= 15 is 0 Å². The van der Waals surface area contributed by atoms with Crippen molar-refractivity contribution < 1.29 is 9.53 Å². The van der Waals surface area contributed by atoms with Crippen molar-refractivity contribution >= 4 is 28.7 Å². The van der Waals surface area contributed by atoms with Crippen LogP contribution in [0.4, 0.5) is 11.5 Å². The second kappa shape index (κ2) is 9.99. The Bertz CT molecular complexity index is 1120. The smallest absolute Gasteiger partial charge is 0.330 e. The predicted octanol–water partition coefficient (Wildman–Crippen LogP) is 1.74. The molecule has 9 nitrogen and oxygen atoms in total. The number of ether oxygens (including phenoxy) is 1. The number of nitrogens with zero attached hydrogens (tertiary/aromatic N) is 2. The molecule has 0 radical (unpaired) electrons. The number of H-pyrrole nitrogens is 1. The molecule has 1 aromatic carbocycles. The zero-order valence-electron chi connectivity index (χ0n) is 16.7. The average Bonchev–Trinajstić information content (AvgIpc) is 3.12. The fourth-order valence-corrected chi connectivity index (χ4v) is 3.49. The lowest BCUT2D eigenvalue weighted by atomic mass is 10.2. The number of anilines is 2. The monoisotopic (exact) mass is 429 g/mol. The molecule has 2 heterocycles. The summed E-state index contributed by atoms with van der Waals surface area (Å²) in [4.78, 5) is 44.1. The van der Waals surface area contributed by atoms with E-state index in [1.54, 1.807) is 5.38 Å². The van der Waals surface area contributed by atoms with Crippen LogP contribution in [0, 0.1) is 6.92 Å². The van der Waals surface area contributed by atoms with Crippen LogP contribution in [0.5, 0.6) is 0 Å². The van der Waals surface area contributed by atoms with Crippen molar-refractivity contribution in [3.63, 3.8) is 0 Å². The molecule has 3 rings (SSSR count). The van der Waals surface area contributed by atoms with Gasteiger partial charge in [0.2, 0.25) is 5.91 Å². The summed E-state index contributed by atoms with van der Waals surface area (Å²) in [7, 11) is 1.51. The summed E-state index contributed by atoms with van der Waals surface area (Å²) in [6.45, 7) is 2.60. The van der Waals surface area contributed by atoms with Crippen molar-refractivity contribution in [3.8, 4) is 0 Å². The number of benzene rings is 1. The molecule has 0 atom stereocenters. The normalized spacial score (nSPS) is 10.7. The largest absolute Gasteiger partial charge is 0.383 e. The van der Waals surface area contributed by atoms with Crippen LogP contribution >= 0.6 is 11.3 Å². The highest BCUT2D eigenvalue weighted by Gasteiger charge is 2.18. The molecule has 3 N–H and O–H groups in total. The number of carbonyl (C=O) groups is 1. The lowest BCUT2D eigenvalue weighted by molar-refractivity contribution is -0.115. The van der Waals surface area contributed by atoms with E-state index in [2.05, 4.69) is 20.6 Å². The number of nitrogens with one attached hydrogen (secondary N) is 3. The van der Waals surface area contributed by atoms with E-state index in [9.17, 15) is 14.4 Å². The third-order valence-electron chi connectivity index (χ3n) is 4.30. The van der Waals surface area contributed by atoms with Crippen LogP contribution in [0.2, 0.25) is 0 Å². The first kappa shape index (κ1) is 21.5. The molecule has 158 valence electrons. The van der Waals surface area contributed by atoms with Gasteiger partial charge in [-0.3, -0.25) is 19.1 Å². The van der Waals surface area contributed by atoms with Crippen LogP contribution in [0.15, 0.2) is 45.3 Å². The molecule has 30 heavy (non-hydrogen) atoms. The number of aromatic nitrogens is 3. The van der Waals surface area contributed by atoms with Crippen molar-refractivity contribution in [1.29, 1.82) is 0 Å². The fraction of sp³-hybridized carbons (Fsp3) is 0.300. The molecular formula is C20H23N5O4S. The number of carbonyl (C=O) groups excluding carboxylic acids is 1. The molecule has 0 aliphatic carbocycles. The fourth-order valence-electron chi connectivity index (χ4n) is 2.88. The van der Waals surface area contributed by atoms with Gasteiger partial charge in [-0.15, -0.1) is 11.3 Å². The van der Waals surface area contributed by atoms with Crippen molar-refractivity contribution in [3.05, 3.63) is 72.8 Å². The van der Waals surface area contributed by atoms with Gasteiger partial charge in [-0.25, -0.2) is 9.78 Å². The molecule has 2 aromatic heterocycles. The summed E-state index contributed by atoms with van der Waals surface area (Å²) in [6, 6.07) is 9.49. The minimum absolute atomic E-state index is 0.0354. The Balaban J connectivity index is 1.92. The molecule has 0 bridgehead atoms. The van der Waals surface area contributed by atoms with Crippen LogP contribution < -0.4 is 21.9 Å². The Morgan fingerprint density at radius 3 is 2.70 bits per heavy atom. The summed E-state index contributed by atoms with van der Waals surface area (Å²) in [5.74, 6) is -0.270. The minimum Gasteiger partial charge on any atom is -0.383 e. The van der Waals surface area contributed by atoms with Gasteiger partial charge in [-0.2, -0.15) is 0 Å². The number of hydrogen-bond donors (Lipinski definition) is 3. The van der Waals surface area contributed by atoms with E-state index < -0.39 is 11.2 Å². The van der Waals surface area contributed by atoms with Gasteiger partial charge in [0.1, 0.15) is 11.5 Å². The molecule has 0 unspecified atom stereocenters. The van der Waals surface area contributed by atoms with Gasteiger partial charge < -0.3 is 15.4 Å². The van der Waals surface area contributed by atoms with Crippen molar-refractivity contribution in [1.82, 2.24) is 14.5 Å². The maximum absolute atomic E-state index is 12.6. The number of aryl methyl sites for hydroxylation is 1. The van der Waals surface area contributed by atoms with E-state index in [1.165, 1.54) is 23.0 Å². The molecular weight excluding hydrogens is 406 g/mol. The van der Waals surface area contributed by atoms with Crippen LogP contribution in [-0.4, -0.2) is 34.2 Å². The maximum Gasteiger partial charge on any atom is 0.330 e. The van der Waals surface area contributed by atoms with Gasteiger partial charge in [0.25, 0.3) is 5.56 Å². The van der Waals surface area contributed by atoms with E-state index in [0.717, 1.165) is 10.6 Å². The first-order valence-electron chi connectivity index (χ1n) is 9.32. The van der Waals surface area contributed by atoms with Crippen LogP contribution in [0.1, 0.15) is 16.3 Å². The molecule has 0 aliphatic heterocycles. The van der Waals surface area contributed by atoms with Crippen LogP contribution in [0.25, 0.3) is 0 Å².